The highest BCUT2D eigenvalue weighted by molar-refractivity contribution is 5.92. The first-order valence-electron chi connectivity index (χ1n) is 7.69. The number of pyridine rings is 1. The molecule has 0 radical (unpaired) electrons. The zero-order chi connectivity index (χ0) is 16.1. The topological polar surface area (TPSA) is 75.0 Å². The van der Waals surface area contributed by atoms with Gasteiger partial charge in [-0.1, -0.05) is 18.9 Å². The smallest absolute Gasteiger partial charge is 0.227 e. The van der Waals surface area contributed by atoms with Crippen molar-refractivity contribution in [2.24, 2.45) is 5.92 Å². The van der Waals surface area contributed by atoms with E-state index in [0.717, 1.165) is 25.7 Å². The van der Waals surface area contributed by atoms with Crippen molar-refractivity contribution in [2.75, 3.05) is 5.32 Å². The van der Waals surface area contributed by atoms with E-state index in [0.29, 0.717) is 22.9 Å². The van der Waals surface area contributed by atoms with Gasteiger partial charge in [-0.2, -0.15) is 5.26 Å². The van der Waals surface area contributed by atoms with Crippen LogP contribution in [-0.4, -0.2) is 10.9 Å². The van der Waals surface area contributed by atoms with Gasteiger partial charge in [0.05, 0.1) is 5.56 Å². The minimum Gasteiger partial charge on any atom is -0.439 e. The fourth-order valence-electron chi connectivity index (χ4n) is 2.70. The lowest BCUT2D eigenvalue weighted by Crippen LogP contribution is -2.20. The lowest BCUT2D eigenvalue weighted by atomic mass is 10.1. The molecule has 1 aliphatic carbocycles. The average molecular weight is 307 g/mol. The van der Waals surface area contributed by atoms with E-state index < -0.39 is 0 Å². The summed E-state index contributed by atoms with van der Waals surface area (Å²) >= 11 is 0. The normalized spacial score (nSPS) is 14.2. The summed E-state index contributed by atoms with van der Waals surface area (Å²) in [7, 11) is 0. The third-order valence-electron chi connectivity index (χ3n) is 3.92. The van der Waals surface area contributed by atoms with Gasteiger partial charge in [0, 0.05) is 29.9 Å². The van der Waals surface area contributed by atoms with Crippen LogP contribution < -0.4 is 10.1 Å². The van der Waals surface area contributed by atoms with Crippen LogP contribution in [-0.2, 0) is 4.79 Å². The Morgan fingerprint density at radius 1 is 1.26 bits per heavy atom. The predicted molar refractivity (Wildman–Crippen MR) is 86.1 cm³/mol. The highest BCUT2D eigenvalue weighted by atomic mass is 16.5. The lowest BCUT2D eigenvalue weighted by Gasteiger charge is -2.11. The summed E-state index contributed by atoms with van der Waals surface area (Å²) in [6, 6.07) is 12.5. The maximum atomic E-state index is 12.2. The Morgan fingerprint density at radius 3 is 2.78 bits per heavy atom. The van der Waals surface area contributed by atoms with E-state index >= 15 is 0 Å². The number of carbonyl (C=O) groups is 1. The molecular formula is C18H17N3O2. The maximum absolute atomic E-state index is 12.2. The molecule has 1 aromatic carbocycles. The summed E-state index contributed by atoms with van der Waals surface area (Å²) in [5.41, 5.74) is 1.20. The number of hydrogen-bond acceptors (Lipinski definition) is 4. The van der Waals surface area contributed by atoms with E-state index in [2.05, 4.69) is 10.3 Å². The molecule has 5 heteroatoms. The Bertz CT molecular complexity index is 729. The Balaban J connectivity index is 1.66. The number of hydrogen-bond donors (Lipinski definition) is 1. The van der Waals surface area contributed by atoms with E-state index in [9.17, 15) is 4.79 Å². The number of nitriles is 1. The van der Waals surface area contributed by atoms with Crippen molar-refractivity contribution in [1.82, 2.24) is 4.98 Å². The molecule has 1 N–H and O–H groups in total. The molecule has 0 unspecified atom stereocenters. The molecule has 1 saturated carbocycles. The van der Waals surface area contributed by atoms with Crippen molar-refractivity contribution in [3.05, 3.63) is 48.2 Å². The highest BCUT2D eigenvalue weighted by Gasteiger charge is 2.22. The maximum Gasteiger partial charge on any atom is 0.227 e. The number of anilines is 1. The quantitative estimate of drug-likeness (QED) is 0.930. The number of aromatic nitrogens is 1. The van der Waals surface area contributed by atoms with Gasteiger partial charge in [-0.3, -0.25) is 4.79 Å². The van der Waals surface area contributed by atoms with Crippen molar-refractivity contribution in [2.45, 2.75) is 25.7 Å². The Hall–Kier alpha value is -2.87. The van der Waals surface area contributed by atoms with Crippen molar-refractivity contribution < 1.29 is 9.53 Å². The predicted octanol–water partition coefficient (Wildman–Crippen LogP) is 3.87. The number of carbonyl (C=O) groups excluding carboxylic acids is 1. The summed E-state index contributed by atoms with van der Waals surface area (Å²) < 4.78 is 5.65. The van der Waals surface area contributed by atoms with Crippen LogP contribution in [0.3, 0.4) is 0 Å². The van der Waals surface area contributed by atoms with Crippen LogP contribution in [0.15, 0.2) is 42.6 Å². The largest absolute Gasteiger partial charge is 0.439 e. The third kappa shape index (κ3) is 3.86. The molecule has 5 nitrogen and oxygen atoms in total. The molecule has 116 valence electrons. The second-order valence-corrected chi connectivity index (χ2v) is 5.60. The summed E-state index contributed by atoms with van der Waals surface area (Å²) in [5.74, 6) is 1.20. The number of ether oxygens (including phenoxy) is 1. The van der Waals surface area contributed by atoms with Gasteiger partial charge >= 0.3 is 0 Å². The summed E-state index contributed by atoms with van der Waals surface area (Å²) in [6.07, 6.45) is 5.66. The zero-order valence-corrected chi connectivity index (χ0v) is 12.7. The van der Waals surface area contributed by atoms with Crippen LogP contribution in [0.5, 0.6) is 11.6 Å². The van der Waals surface area contributed by atoms with Crippen molar-refractivity contribution in [3.8, 4) is 17.7 Å². The van der Waals surface area contributed by atoms with Crippen LogP contribution in [0.1, 0.15) is 31.2 Å². The fraction of sp³-hybridized carbons (Fsp3) is 0.278. The first-order chi connectivity index (χ1) is 11.2. The molecule has 3 rings (SSSR count). The molecule has 1 aromatic heterocycles. The van der Waals surface area contributed by atoms with Gasteiger partial charge in [-0.25, -0.2) is 4.98 Å². The molecular weight excluding hydrogens is 290 g/mol. The van der Waals surface area contributed by atoms with E-state index in [1.807, 2.05) is 18.2 Å². The number of nitrogens with one attached hydrogen (secondary N) is 1. The van der Waals surface area contributed by atoms with Gasteiger partial charge in [-0.15, -0.1) is 0 Å². The first-order valence-corrected chi connectivity index (χ1v) is 7.69. The van der Waals surface area contributed by atoms with Gasteiger partial charge in [0.2, 0.25) is 11.8 Å². The second kappa shape index (κ2) is 6.93. The molecule has 0 saturated heterocycles. The number of benzene rings is 1. The van der Waals surface area contributed by atoms with Crippen LogP contribution >= 0.6 is 0 Å². The minimum atomic E-state index is 0.0798. The van der Waals surface area contributed by atoms with Crippen LogP contribution in [0.2, 0.25) is 0 Å². The van der Waals surface area contributed by atoms with E-state index in [1.54, 1.807) is 24.3 Å². The molecule has 2 aromatic rings. The summed E-state index contributed by atoms with van der Waals surface area (Å²) in [5, 5.41) is 11.7. The lowest BCUT2D eigenvalue weighted by molar-refractivity contribution is -0.119. The van der Waals surface area contributed by atoms with Crippen molar-refractivity contribution in [1.29, 1.82) is 5.26 Å². The average Bonchev–Trinajstić information content (AvgIpc) is 3.10. The molecule has 23 heavy (non-hydrogen) atoms. The monoisotopic (exact) mass is 307 g/mol. The number of nitrogens with zero attached hydrogens (tertiary/aromatic N) is 2. The molecule has 0 atom stereocenters. The highest BCUT2D eigenvalue weighted by Crippen LogP contribution is 2.27. The minimum absolute atomic E-state index is 0.0798. The molecule has 1 fully saturated rings. The van der Waals surface area contributed by atoms with Crippen molar-refractivity contribution >= 4 is 11.6 Å². The van der Waals surface area contributed by atoms with E-state index in [1.165, 1.54) is 6.20 Å². The Labute approximate surface area is 134 Å². The Kier molecular flexibility index (Phi) is 4.53. The second-order valence-electron chi connectivity index (χ2n) is 5.60. The third-order valence-corrected chi connectivity index (χ3v) is 3.92. The first kappa shape index (κ1) is 15.0. The van der Waals surface area contributed by atoms with Gasteiger partial charge < -0.3 is 10.1 Å². The zero-order valence-electron chi connectivity index (χ0n) is 12.7. The standard InChI is InChI=1S/C18H17N3O2/c19-11-13-8-9-17(20-12-13)23-16-7-3-6-15(10-16)21-18(22)14-4-1-2-5-14/h3,6-10,12,14H,1-2,4-5H2,(H,21,22). The van der Waals surface area contributed by atoms with E-state index in [-0.39, 0.29) is 11.8 Å². The van der Waals surface area contributed by atoms with Crippen LogP contribution in [0, 0.1) is 17.2 Å². The van der Waals surface area contributed by atoms with Crippen LogP contribution in [0.4, 0.5) is 5.69 Å². The number of amides is 1. The molecule has 1 amide bonds. The molecule has 1 aliphatic rings. The molecule has 0 aliphatic heterocycles. The van der Waals surface area contributed by atoms with Crippen LogP contribution in [0.25, 0.3) is 0 Å². The van der Waals surface area contributed by atoms with E-state index in [4.69, 9.17) is 10.00 Å². The molecule has 0 spiro atoms. The number of rotatable bonds is 4. The van der Waals surface area contributed by atoms with Gasteiger partial charge in [0.1, 0.15) is 11.8 Å². The summed E-state index contributed by atoms with van der Waals surface area (Å²) in [6.45, 7) is 0. The Morgan fingerprint density at radius 2 is 2.09 bits per heavy atom. The van der Waals surface area contributed by atoms with Gasteiger partial charge in [-0.05, 0) is 31.0 Å². The van der Waals surface area contributed by atoms with Gasteiger partial charge in [0.15, 0.2) is 0 Å². The van der Waals surface area contributed by atoms with Gasteiger partial charge in [0.25, 0.3) is 0 Å². The fourth-order valence-corrected chi connectivity index (χ4v) is 2.70. The molecule has 1 heterocycles. The SMILES string of the molecule is N#Cc1ccc(Oc2cccc(NC(=O)C3CCCC3)c2)nc1. The summed E-state index contributed by atoms with van der Waals surface area (Å²) in [4.78, 5) is 16.2. The van der Waals surface area contributed by atoms with Crippen molar-refractivity contribution in [3.63, 3.8) is 0 Å². The molecule has 0 bridgehead atoms.